The molecule has 0 aliphatic rings. The summed E-state index contributed by atoms with van der Waals surface area (Å²) in [4.78, 5) is 21.5. The molecule has 0 atom stereocenters. The highest BCUT2D eigenvalue weighted by molar-refractivity contribution is 7.12. The molecule has 0 saturated carbocycles. The highest BCUT2D eigenvalue weighted by Crippen LogP contribution is 2.26. The highest BCUT2D eigenvalue weighted by Gasteiger charge is 2.11. The van der Waals surface area contributed by atoms with Crippen LogP contribution in [0.4, 0.5) is 5.69 Å². The third-order valence-corrected chi connectivity index (χ3v) is 5.30. The lowest BCUT2D eigenvalue weighted by molar-refractivity contribution is -0.115. The summed E-state index contributed by atoms with van der Waals surface area (Å²) in [5, 5.41) is 5.68. The van der Waals surface area contributed by atoms with Crippen LogP contribution < -0.4 is 5.32 Å². The summed E-state index contributed by atoms with van der Waals surface area (Å²) in [5.41, 5.74) is 3.78. The van der Waals surface area contributed by atoms with E-state index in [1.165, 1.54) is 11.3 Å². The molecular formula is C22H16N4O2S. The lowest BCUT2D eigenvalue weighted by atomic mass is 10.2. The van der Waals surface area contributed by atoms with E-state index in [0.717, 1.165) is 27.5 Å². The zero-order valence-electron chi connectivity index (χ0n) is 15.3. The first kappa shape index (κ1) is 17.4. The van der Waals surface area contributed by atoms with E-state index in [9.17, 15) is 4.79 Å². The molecule has 1 N–H and O–H groups in total. The molecule has 2 aromatic carbocycles. The first-order valence-electron chi connectivity index (χ1n) is 9.08. The predicted octanol–water partition coefficient (Wildman–Crippen LogP) is 4.92. The summed E-state index contributed by atoms with van der Waals surface area (Å²) in [6, 6.07) is 19.0. The molecule has 5 aromatic rings. The number of oxazole rings is 1. The van der Waals surface area contributed by atoms with E-state index >= 15 is 0 Å². The smallest absolute Gasteiger partial charge is 0.230 e. The number of nitrogens with one attached hydrogen (secondary N) is 1. The molecule has 0 bridgehead atoms. The van der Waals surface area contributed by atoms with Crippen molar-refractivity contribution in [1.29, 1.82) is 0 Å². The predicted molar refractivity (Wildman–Crippen MR) is 113 cm³/mol. The van der Waals surface area contributed by atoms with Crippen molar-refractivity contribution in [2.45, 2.75) is 6.42 Å². The van der Waals surface area contributed by atoms with Crippen molar-refractivity contribution < 1.29 is 9.21 Å². The van der Waals surface area contributed by atoms with E-state index in [1.807, 2.05) is 83.0 Å². The fraction of sp³-hybridized carbons (Fsp3) is 0.0455. The zero-order valence-corrected chi connectivity index (χ0v) is 16.1. The van der Waals surface area contributed by atoms with Crippen LogP contribution in [0.3, 0.4) is 0 Å². The van der Waals surface area contributed by atoms with Gasteiger partial charge in [0.1, 0.15) is 5.52 Å². The minimum atomic E-state index is -0.121. The van der Waals surface area contributed by atoms with Gasteiger partial charge in [-0.15, -0.1) is 11.3 Å². The Kier molecular flexibility index (Phi) is 4.42. The third-order valence-electron chi connectivity index (χ3n) is 4.39. The van der Waals surface area contributed by atoms with Crippen LogP contribution in [0.15, 0.2) is 82.9 Å². The largest absolute Gasteiger partial charge is 0.436 e. The van der Waals surface area contributed by atoms with Gasteiger partial charge in [0, 0.05) is 29.0 Å². The Labute approximate surface area is 170 Å². The normalized spacial score (nSPS) is 11.0. The number of carbonyl (C=O) groups is 1. The molecule has 0 radical (unpaired) electrons. The molecule has 3 aromatic heterocycles. The van der Waals surface area contributed by atoms with E-state index in [2.05, 4.69) is 15.3 Å². The van der Waals surface area contributed by atoms with Crippen molar-refractivity contribution >= 4 is 34.0 Å². The maximum Gasteiger partial charge on any atom is 0.230 e. The van der Waals surface area contributed by atoms with Gasteiger partial charge in [0.15, 0.2) is 10.7 Å². The minimum absolute atomic E-state index is 0.121. The number of amides is 1. The molecule has 1 amide bonds. The van der Waals surface area contributed by atoms with Crippen molar-refractivity contribution in [3.8, 4) is 16.6 Å². The molecule has 0 fully saturated rings. The average Bonchev–Trinajstić information content (AvgIpc) is 3.48. The Hall–Kier alpha value is -3.71. The third kappa shape index (κ3) is 3.68. The van der Waals surface area contributed by atoms with Gasteiger partial charge in [-0.05, 0) is 42.5 Å². The number of anilines is 1. The summed E-state index contributed by atoms with van der Waals surface area (Å²) < 4.78 is 7.74. The summed E-state index contributed by atoms with van der Waals surface area (Å²) in [5.74, 6) is 0.405. The quantitative estimate of drug-likeness (QED) is 0.454. The first-order valence-corrected chi connectivity index (χ1v) is 9.96. The molecule has 142 valence electrons. The van der Waals surface area contributed by atoms with Crippen molar-refractivity contribution in [1.82, 2.24) is 14.5 Å². The molecular weight excluding hydrogens is 384 g/mol. The number of carbonyl (C=O) groups excluding carboxylic acids is 1. The number of para-hydroxylation sites is 2. The van der Waals surface area contributed by atoms with E-state index in [4.69, 9.17) is 4.42 Å². The Morgan fingerprint density at radius 3 is 2.76 bits per heavy atom. The van der Waals surface area contributed by atoms with Crippen LogP contribution in [0.1, 0.15) is 5.69 Å². The van der Waals surface area contributed by atoms with Crippen LogP contribution in [0.25, 0.3) is 27.7 Å². The SMILES string of the molecule is O=C(Cc1csc(-n2cccc2)n1)Nc1cccc(-c2nc3ccccc3o2)c1. The molecule has 0 aliphatic carbocycles. The fourth-order valence-electron chi connectivity index (χ4n) is 3.05. The van der Waals surface area contributed by atoms with Crippen molar-refractivity contribution in [2.24, 2.45) is 0 Å². The summed E-state index contributed by atoms with van der Waals surface area (Å²) in [7, 11) is 0. The summed E-state index contributed by atoms with van der Waals surface area (Å²) in [6.07, 6.45) is 4.07. The molecule has 7 heteroatoms. The van der Waals surface area contributed by atoms with Gasteiger partial charge in [-0.1, -0.05) is 18.2 Å². The molecule has 3 heterocycles. The Bertz CT molecular complexity index is 1250. The summed E-state index contributed by atoms with van der Waals surface area (Å²) in [6.45, 7) is 0. The Morgan fingerprint density at radius 1 is 1.03 bits per heavy atom. The van der Waals surface area contributed by atoms with E-state index < -0.39 is 0 Å². The van der Waals surface area contributed by atoms with Gasteiger partial charge in [-0.2, -0.15) is 0 Å². The molecule has 29 heavy (non-hydrogen) atoms. The van der Waals surface area contributed by atoms with E-state index in [-0.39, 0.29) is 12.3 Å². The van der Waals surface area contributed by atoms with Gasteiger partial charge in [0.25, 0.3) is 0 Å². The molecule has 0 aliphatic heterocycles. The van der Waals surface area contributed by atoms with Gasteiger partial charge >= 0.3 is 0 Å². The number of fused-ring (bicyclic) bond motifs is 1. The van der Waals surface area contributed by atoms with Crippen molar-refractivity contribution in [3.63, 3.8) is 0 Å². The molecule has 6 nitrogen and oxygen atoms in total. The lowest BCUT2D eigenvalue weighted by Crippen LogP contribution is -2.14. The second-order valence-corrected chi connectivity index (χ2v) is 7.34. The van der Waals surface area contributed by atoms with Crippen molar-refractivity contribution in [3.05, 3.63) is 84.1 Å². The number of benzene rings is 2. The fourth-order valence-corrected chi connectivity index (χ4v) is 3.84. The van der Waals surface area contributed by atoms with Crippen LogP contribution >= 0.6 is 11.3 Å². The number of nitrogens with zero attached hydrogens (tertiary/aromatic N) is 3. The van der Waals surface area contributed by atoms with E-state index in [0.29, 0.717) is 11.6 Å². The van der Waals surface area contributed by atoms with Crippen LogP contribution in [0, 0.1) is 0 Å². The molecule has 0 unspecified atom stereocenters. The number of hydrogen-bond acceptors (Lipinski definition) is 5. The number of hydrogen-bond donors (Lipinski definition) is 1. The molecule has 0 saturated heterocycles. The maximum atomic E-state index is 12.5. The Morgan fingerprint density at radius 2 is 1.90 bits per heavy atom. The number of aromatic nitrogens is 3. The average molecular weight is 400 g/mol. The van der Waals surface area contributed by atoms with Gasteiger partial charge < -0.3 is 14.3 Å². The van der Waals surface area contributed by atoms with E-state index in [1.54, 1.807) is 0 Å². The van der Waals surface area contributed by atoms with Gasteiger partial charge in [0.2, 0.25) is 11.8 Å². The number of rotatable bonds is 5. The van der Waals surface area contributed by atoms with Crippen LogP contribution in [-0.4, -0.2) is 20.4 Å². The topological polar surface area (TPSA) is 73.0 Å². The van der Waals surface area contributed by atoms with Crippen molar-refractivity contribution in [2.75, 3.05) is 5.32 Å². The standard InChI is InChI=1S/C22H16N4O2S/c27-20(13-17-14-29-22(24-17)26-10-3-4-11-26)23-16-7-5-6-15(12-16)21-25-18-8-1-2-9-19(18)28-21/h1-12,14H,13H2,(H,23,27). The van der Waals surface area contributed by atoms with Crippen LogP contribution in [0.5, 0.6) is 0 Å². The first-order chi connectivity index (χ1) is 14.2. The minimum Gasteiger partial charge on any atom is -0.436 e. The monoisotopic (exact) mass is 400 g/mol. The van der Waals surface area contributed by atoms with Crippen LogP contribution in [-0.2, 0) is 11.2 Å². The zero-order chi connectivity index (χ0) is 19.6. The van der Waals surface area contributed by atoms with Gasteiger partial charge in [0.05, 0.1) is 12.1 Å². The van der Waals surface area contributed by atoms with Gasteiger partial charge in [-0.25, -0.2) is 9.97 Å². The summed E-state index contributed by atoms with van der Waals surface area (Å²) >= 11 is 1.51. The molecule has 5 rings (SSSR count). The van der Waals surface area contributed by atoms with Gasteiger partial charge in [-0.3, -0.25) is 4.79 Å². The lowest BCUT2D eigenvalue weighted by Gasteiger charge is -2.05. The highest BCUT2D eigenvalue weighted by atomic mass is 32.1. The second kappa shape index (κ2) is 7.37. The number of thiazole rings is 1. The second-order valence-electron chi connectivity index (χ2n) is 6.50. The van der Waals surface area contributed by atoms with Crippen LogP contribution in [0.2, 0.25) is 0 Å². The molecule has 0 spiro atoms. The Balaban J connectivity index is 1.30. The maximum absolute atomic E-state index is 12.5.